The predicted molar refractivity (Wildman–Crippen MR) is 142 cm³/mol. The fourth-order valence-corrected chi connectivity index (χ4v) is 7.02. The molecular formula is C26H35N7O2S. The molecule has 2 aliphatic heterocycles. The zero-order valence-electron chi connectivity index (χ0n) is 21.3. The number of ether oxygens (including phenoxy) is 1. The number of nitrogen functional groups attached to an aromatic ring is 1. The summed E-state index contributed by atoms with van der Waals surface area (Å²) >= 11 is 1.52. The van der Waals surface area contributed by atoms with E-state index in [-0.39, 0.29) is 29.2 Å². The molecule has 1 aliphatic carbocycles. The smallest absolute Gasteiger partial charge is 0.236 e. The fourth-order valence-electron chi connectivity index (χ4n) is 5.72. The molecule has 5 rings (SSSR count). The molecule has 0 spiro atoms. The van der Waals surface area contributed by atoms with Crippen LogP contribution < -0.4 is 20.9 Å². The highest BCUT2D eigenvalue weighted by Gasteiger charge is 2.43. The molecule has 2 aromatic heterocycles. The van der Waals surface area contributed by atoms with Crippen LogP contribution in [0.2, 0.25) is 0 Å². The van der Waals surface area contributed by atoms with Gasteiger partial charge in [0.05, 0.1) is 30.6 Å². The van der Waals surface area contributed by atoms with Crippen LogP contribution in [0.15, 0.2) is 23.9 Å². The molecule has 4 heterocycles. The lowest BCUT2D eigenvalue weighted by atomic mass is 9.93. The van der Waals surface area contributed by atoms with Crippen LogP contribution in [0.4, 0.5) is 11.8 Å². The second-order valence-electron chi connectivity index (χ2n) is 9.85. The molecular weight excluding hydrogens is 474 g/mol. The average Bonchev–Trinajstić information content (AvgIpc) is 3.22. The van der Waals surface area contributed by atoms with Gasteiger partial charge in [0.1, 0.15) is 10.8 Å². The first-order valence-corrected chi connectivity index (χ1v) is 13.6. The Morgan fingerprint density at radius 3 is 2.83 bits per heavy atom. The molecule has 0 aromatic carbocycles. The van der Waals surface area contributed by atoms with E-state index in [4.69, 9.17) is 10.5 Å². The van der Waals surface area contributed by atoms with Gasteiger partial charge in [-0.2, -0.15) is 4.98 Å². The van der Waals surface area contributed by atoms with Crippen LogP contribution >= 0.6 is 11.8 Å². The van der Waals surface area contributed by atoms with Crippen LogP contribution in [0.1, 0.15) is 67.0 Å². The van der Waals surface area contributed by atoms with E-state index in [1.165, 1.54) is 31.0 Å². The zero-order chi connectivity index (χ0) is 25.4. The Balaban J connectivity index is 1.40. The number of nitrogens with two attached hydrogens (primary N) is 1. The van der Waals surface area contributed by atoms with Crippen LogP contribution in [-0.4, -0.2) is 50.7 Å². The maximum atomic E-state index is 13.8. The standard InChI is InChI=1S/C26H35N7O2S/c1-5-11-32(17-9-7-6-8-10-17)25(34)20-12-18-21-23(29-26(27)30-24(21)36-20)33(31-18)14-19-16(3)22(35-4)15(2)13-28-19/h5,13,17-18,20,31H,1,6-12,14H2,2-4H3,(H2,27,29,30). The molecule has 2 unspecified atom stereocenters. The van der Waals surface area contributed by atoms with Gasteiger partial charge in [0.15, 0.2) is 5.82 Å². The minimum Gasteiger partial charge on any atom is -0.496 e. The first-order chi connectivity index (χ1) is 17.4. The number of carbonyl (C=O) groups is 1. The second-order valence-corrected chi connectivity index (χ2v) is 11.0. The van der Waals surface area contributed by atoms with Gasteiger partial charge in [-0.3, -0.25) is 14.8 Å². The fraction of sp³-hybridized carbons (Fsp3) is 0.538. The van der Waals surface area contributed by atoms with Crippen molar-refractivity contribution in [2.75, 3.05) is 24.4 Å². The summed E-state index contributed by atoms with van der Waals surface area (Å²) in [7, 11) is 1.68. The molecule has 0 saturated heterocycles. The summed E-state index contributed by atoms with van der Waals surface area (Å²) in [5.41, 5.74) is 13.6. The number of aryl methyl sites for hydroxylation is 1. The van der Waals surface area contributed by atoms with Crippen LogP contribution in [0.3, 0.4) is 0 Å². The summed E-state index contributed by atoms with van der Waals surface area (Å²) in [6.07, 6.45) is 10.1. The van der Waals surface area contributed by atoms with Crippen molar-refractivity contribution in [1.82, 2.24) is 25.3 Å². The summed E-state index contributed by atoms with van der Waals surface area (Å²) in [6, 6.07) is 0.228. The van der Waals surface area contributed by atoms with Crippen molar-refractivity contribution < 1.29 is 9.53 Å². The molecule has 2 atom stereocenters. The van der Waals surface area contributed by atoms with Gasteiger partial charge >= 0.3 is 0 Å². The number of methoxy groups -OCH3 is 1. The van der Waals surface area contributed by atoms with E-state index in [0.29, 0.717) is 19.5 Å². The van der Waals surface area contributed by atoms with Gasteiger partial charge in [0, 0.05) is 35.5 Å². The number of nitrogens with one attached hydrogen (secondary N) is 1. The van der Waals surface area contributed by atoms with Crippen molar-refractivity contribution in [3.63, 3.8) is 0 Å². The normalized spacial score (nSPS) is 21.2. The lowest BCUT2D eigenvalue weighted by molar-refractivity contribution is -0.133. The van der Waals surface area contributed by atoms with Crippen LogP contribution in [0.25, 0.3) is 0 Å². The van der Waals surface area contributed by atoms with E-state index in [1.807, 2.05) is 36.0 Å². The third-order valence-corrected chi connectivity index (χ3v) is 8.70. The maximum Gasteiger partial charge on any atom is 0.236 e. The van der Waals surface area contributed by atoms with Gasteiger partial charge in [-0.25, -0.2) is 10.4 Å². The Bertz CT molecular complexity index is 1170. The number of hydrogen-bond donors (Lipinski definition) is 2. The summed E-state index contributed by atoms with van der Waals surface area (Å²) in [5, 5.41) is 2.54. The van der Waals surface area contributed by atoms with Gasteiger partial charge in [-0.1, -0.05) is 37.1 Å². The lowest BCUT2D eigenvalue weighted by Crippen LogP contribution is -2.47. The Kier molecular flexibility index (Phi) is 7.07. The summed E-state index contributed by atoms with van der Waals surface area (Å²) in [6.45, 7) is 8.99. The van der Waals surface area contributed by atoms with Gasteiger partial charge in [0.2, 0.25) is 11.9 Å². The number of pyridine rings is 1. The molecule has 1 amide bonds. The second kappa shape index (κ2) is 10.3. The van der Waals surface area contributed by atoms with Gasteiger partial charge in [-0.15, -0.1) is 6.58 Å². The third kappa shape index (κ3) is 4.52. The number of thioether (sulfide) groups is 1. The van der Waals surface area contributed by atoms with E-state index >= 15 is 0 Å². The molecule has 2 aromatic rings. The number of hydrazine groups is 1. The number of rotatable bonds is 7. The van der Waals surface area contributed by atoms with Crippen molar-refractivity contribution in [3.05, 3.63) is 41.2 Å². The van der Waals surface area contributed by atoms with Crippen LogP contribution in [-0.2, 0) is 11.3 Å². The minimum absolute atomic E-state index is 0.0598. The highest BCUT2D eigenvalue weighted by Crippen LogP contribution is 2.48. The van der Waals surface area contributed by atoms with Crippen molar-refractivity contribution in [2.45, 2.75) is 81.3 Å². The van der Waals surface area contributed by atoms with Crippen molar-refractivity contribution in [3.8, 4) is 5.75 Å². The largest absolute Gasteiger partial charge is 0.496 e. The van der Waals surface area contributed by atoms with E-state index < -0.39 is 0 Å². The van der Waals surface area contributed by atoms with Crippen molar-refractivity contribution in [2.24, 2.45) is 0 Å². The highest BCUT2D eigenvalue weighted by molar-refractivity contribution is 8.00. The number of aromatic nitrogens is 3. The molecule has 10 heteroatoms. The van der Waals surface area contributed by atoms with E-state index in [2.05, 4.69) is 27.0 Å². The molecule has 1 fully saturated rings. The molecule has 36 heavy (non-hydrogen) atoms. The molecule has 192 valence electrons. The molecule has 0 radical (unpaired) electrons. The quantitative estimate of drug-likeness (QED) is 0.425. The van der Waals surface area contributed by atoms with E-state index in [0.717, 1.165) is 51.8 Å². The first kappa shape index (κ1) is 24.8. The monoisotopic (exact) mass is 509 g/mol. The van der Waals surface area contributed by atoms with Crippen molar-refractivity contribution in [1.29, 1.82) is 0 Å². The highest BCUT2D eigenvalue weighted by atomic mass is 32.2. The summed E-state index contributed by atoms with van der Waals surface area (Å²) in [4.78, 5) is 29.6. The lowest BCUT2D eigenvalue weighted by Gasteiger charge is -2.37. The number of hydrogen-bond acceptors (Lipinski definition) is 9. The van der Waals surface area contributed by atoms with E-state index in [1.54, 1.807) is 7.11 Å². The number of amides is 1. The minimum atomic E-state index is -0.238. The summed E-state index contributed by atoms with van der Waals surface area (Å²) in [5.74, 6) is 1.97. The Morgan fingerprint density at radius 1 is 1.33 bits per heavy atom. The maximum absolute atomic E-state index is 13.8. The Hall–Kier alpha value is -2.85. The molecule has 3 aliphatic rings. The van der Waals surface area contributed by atoms with Crippen molar-refractivity contribution >= 4 is 29.4 Å². The molecule has 3 N–H and O–H groups in total. The van der Waals surface area contributed by atoms with Crippen LogP contribution in [0.5, 0.6) is 5.75 Å². The number of carbonyl (C=O) groups excluding carboxylic acids is 1. The number of anilines is 2. The average molecular weight is 510 g/mol. The SMILES string of the molecule is C=CCN(C(=O)C1CC2NN(Cc3ncc(C)c(OC)c3C)c3nc(N)nc(c32)S1)C1CCCCC1. The Morgan fingerprint density at radius 2 is 2.11 bits per heavy atom. The molecule has 1 saturated carbocycles. The number of nitrogens with zero attached hydrogens (tertiary/aromatic N) is 5. The topological polar surface area (TPSA) is 110 Å². The molecule has 0 bridgehead atoms. The van der Waals surface area contributed by atoms with Crippen LogP contribution in [0, 0.1) is 13.8 Å². The molecule has 9 nitrogen and oxygen atoms in total. The summed E-state index contributed by atoms with van der Waals surface area (Å²) < 4.78 is 5.60. The van der Waals surface area contributed by atoms with E-state index in [9.17, 15) is 4.79 Å². The Labute approximate surface area is 216 Å². The predicted octanol–water partition coefficient (Wildman–Crippen LogP) is 3.86. The zero-order valence-corrected chi connectivity index (χ0v) is 22.1. The third-order valence-electron chi connectivity index (χ3n) is 7.48. The van der Waals surface area contributed by atoms with Gasteiger partial charge < -0.3 is 15.4 Å². The first-order valence-electron chi connectivity index (χ1n) is 12.7. The van der Waals surface area contributed by atoms with Gasteiger partial charge in [-0.05, 0) is 33.1 Å². The van der Waals surface area contributed by atoms with Gasteiger partial charge in [0.25, 0.3) is 0 Å².